The van der Waals surface area contributed by atoms with Crippen molar-refractivity contribution in [2.24, 2.45) is 0 Å². The van der Waals surface area contributed by atoms with Gasteiger partial charge in [-0.25, -0.2) is 0 Å². The molecule has 1 aromatic heterocycles. The molecule has 0 aliphatic carbocycles. The van der Waals surface area contributed by atoms with E-state index in [9.17, 15) is 0 Å². The minimum Gasteiger partial charge on any atom is -0.487 e. The van der Waals surface area contributed by atoms with E-state index in [4.69, 9.17) is 16.3 Å². The fourth-order valence-electron chi connectivity index (χ4n) is 1.66. The van der Waals surface area contributed by atoms with Gasteiger partial charge in [0, 0.05) is 0 Å². The summed E-state index contributed by atoms with van der Waals surface area (Å²) in [5.74, 6) is 1.32. The molecule has 0 saturated carbocycles. The van der Waals surface area contributed by atoms with E-state index in [-0.39, 0.29) is 0 Å². The molecule has 0 bridgehead atoms. The SMILES string of the molecule is CC(C)c1ccccc1OCc1ccc(Cl)nn1. The molecule has 0 amide bonds. The van der Waals surface area contributed by atoms with Crippen LogP contribution in [0.15, 0.2) is 36.4 Å². The number of para-hydroxylation sites is 1. The van der Waals surface area contributed by atoms with E-state index >= 15 is 0 Å². The molecule has 0 fully saturated rings. The lowest BCUT2D eigenvalue weighted by Crippen LogP contribution is -2.02. The van der Waals surface area contributed by atoms with Crippen LogP contribution in [0.4, 0.5) is 0 Å². The Hall–Kier alpha value is -1.61. The van der Waals surface area contributed by atoms with Gasteiger partial charge in [-0.2, -0.15) is 5.10 Å². The van der Waals surface area contributed by atoms with E-state index in [0.717, 1.165) is 11.4 Å². The van der Waals surface area contributed by atoms with Gasteiger partial charge in [-0.1, -0.05) is 43.6 Å². The van der Waals surface area contributed by atoms with E-state index in [1.54, 1.807) is 6.07 Å². The molecule has 0 unspecified atom stereocenters. The summed E-state index contributed by atoms with van der Waals surface area (Å²) in [6.07, 6.45) is 0. The Kier molecular flexibility index (Phi) is 4.15. The van der Waals surface area contributed by atoms with Gasteiger partial charge in [-0.15, -0.1) is 5.10 Å². The molecule has 0 radical (unpaired) electrons. The zero-order valence-corrected chi connectivity index (χ0v) is 11.2. The second-order valence-electron chi connectivity index (χ2n) is 4.33. The van der Waals surface area contributed by atoms with Crippen molar-refractivity contribution in [2.45, 2.75) is 26.4 Å². The van der Waals surface area contributed by atoms with Crippen molar-refractivity contribution in [1.82, 2.24) is 10.2 Å². The molecule has 0 saturated heterocycles. The van der Waals surface area contributed by atoms with E-state index in [1.165, 1.54) is 5.56 Å². The Labute approximate surface area is 112 Å². The van der Waals surface area contributed by atoms with Crippen LogP contribution in [0, 0.1) is 0 Å². The first kappa shape index (κ1) is 12.8. The average molecular weight is 263 g/mol. The summed E-state index contributed by atoms with van der Waals surface area (Å²) >= 11 is 5.68. The largest absolute Gasteiger partial charge is 0.487 e. The highest BCUT2D eigenvalue weighted by molar-refractivity contribution is 6.29. The topological polar surface area (TPSA) is 35.0 Å². The summed E-state index contributed by atoms with van der Waals surface area (Å²) in [6, 6.07) is 11.6. The van der Waals surface area contributed by atoms with Gasteiger partial charge in [0.1, 0.15) is 18.1 Å². The lowest BCUT2D eigenvalue weighted by molar-refractivity contribution is 0.295. The van der Waals surface area contributed by atoms with Crippen molar-refractivity contribution >= 4 is 11.6 Å². The van der Waals surface area contributed by atoms with Crippen LogP contribution >= 0.6 is 11.6 Å². The van der Waals surface area contributed by atoms with Gasteiger partial charge >= 0.3 is 0 Å². The number of benzene rings is 1. The molecular formula is C14H15ClN2O. The van der Waals surface area contributed by atoms with Crippen LogP contribution in [-0.4, -0.2) is 10.2 Å². The summed E-state index contributed by atoms with van der Waals surface area (Å²) in [7, 11) is 0. The Morgan fingerprint density at radius 3 is 2.56 bits per heavy atom. The van der Waals surface area contributed by atoms with Crippen LogP contribution in [0.25, 0.3) is 0 Å². The third-order valence-corrected chi connectivity index (χ3v) is 2.81. The highest BCUT2D eigenvalue weighted by atomic mass is 35.5. The van der Waals surface area contributed by atoms with Gasteiger partial charge in [0.15, 0.2) is 5.15 Å². The fraction of sp³-hybridized carbons (Fsp3) is 0.286. The highest BCUT2D eigenvalue weighted by Crippen LogP contribution is 2.26. The third kappa shape index (κ3) is 3.20. The molecule has 2 rings (SSSR count). The molecule has 0 aliphatic rings. The number of ether oxygens (including phenoxy) is 1. The number of aromatic nitrogens is 2. The van der Waals surface area contributed by atoms with Gasteiger partial charge < -0.3 is 4.74 Å². The molecule has 2 aromatic rings. The van der Waals surface area contributed by atoms with Crippen molar-refractivity contribution in [3.05, 3.63) is 52.8 Å². The maximum absolute atomic E-state index is 5.78. The predicted octanol–water partition coefficient (Wildman–Crippen LogP) is 3.83. The van der Waals surface area contributed by atoms with Crippen molar-refractivity contribution in [2.75, 3.05) is 0 Å². The van der Waals surface area contributed by atoms with Crippen molar-refractivity contribution in [1.29, 1.82) is 0 Å². The number of hydrogen-bond donors (Lipinski definition) is 0. The lowest BCUT2D eigenvalue weighted by atomic mass is 10.0. The predicted molar refractivity (Wildman–Crippen MR) is 71.9 cm³/mol. The minimum atomic E-state index is 0.390. The van der Waals surface area contributed by atoms with E-state index in [2.05, 4.69) is 30.1 Å². The zero-order valence-electron chi connectivity index (χ0n) is 10.4. The van der Waals surface area contributed by atoms with Crippen molar-refractivity contribution in [3.8, 4) is 5.75 Å². The summed E-state index contributed by atoms with van der Waals surface area (Å²) < 4.78 is 5.78. The van der Waals surface area contributed by atoms with Crippen molar-refractivity contribution < 1.29 is 4.74 Å². The molecule has 4 heteroatoms. The maximum atomic E-state index is 5.78. The molecule has 1 heterocycles. The number of nitrogens with zero attached hydrogens (tertiary/aromatic N) is 2. The lowest BCUT2D eigenvalue weighted by Gasteiger charge is -2.13. The normalized spacial score (nSPS) is 10.7. The first-order valence-electron chi connectivity index (χ1n) is 5.86. The summed E-state index contributed by atoms with van der Waals surface area (Å²) in [6.45, 7) is 4.68. The van der Waals surface area contributed by atoms with Gasteiger partial charge in [0.05, 0.1) is 0 Å². The highest BCUT2D eigenvalue weighted by Gasteiger charge is 2.07. The average Bonchev–Trinajstić information content (AvgIpc) is 2.38. The summed E-state index contributed by atoms with van der Waals surface area (Å²) in [5.41, 5.74) is 1.96. The Morgan fingerprint density at radius 1 is 1.11 bits per heavy atom. The molecule has 1 aromatic carbocycles. The number of rotatable bonds is 4. The third-order valence-electron chi connectivity index (χ3n) is 2.60. The van der Waals surface area contributed by atoms with Crippen LogP contribution in [0.5, 0.6) is 5.75 Å². The van der Waals surface area contributed by atoms with Crippen molar-refractivity contribution in [3.63, 3.8) is 0 Å². The Bertz CT molecular complexity index is 511. The standard InChI is InChI=1S/C14H15ClN2O/c1-10(2)12-5-3-4-6-13(12)18-9-11-7-8-14(15)17-16-11/h3-8,10H,9H2,1-2H3. The molecule has 0 N–H and O–H groups in total. The summed E-state index contributed by atoms with van der Waals surface area (Å²) in [4.78, 5) is 0. The molecule has 0 aliphatic heterocycles. The Balaban J connectivity index is 2.08. The number of hydrogen-bond acceptors (Lipinski definition) is 3. The quantitative estimate of drug-likeness (QED) is 0.840. The zero-order chi connectivity index (χ0) is 13.0. The molecule has 18 heavy (non-hydrogen) atoms. The first-order valence-corrected chi connectivity index (χ1v) is 6.24. The second kappa shape index (κ2) is 5.83. The van der Waals surface area contributed by atoms with E-state index in [0.29, 0.717) is 17.7 Å². The van der Waals surface area contributed by atoms with Crippen LogP contribution in [0.3, 0.4) is 0 Å². The Morgan fingerprint density at radius 2 is 1.89 bits per heavy atom. The molecular weight excluding hydrogens is 248 g/mol. The first-order chi connectivity index (χ1) is 8.66. The molecule has 3 nitrogen and oxygen atoms in total. The van der Waals surface area contributed by atoms with Crippen LogP contribution in [0.2, 0.25) is 5.15 Å². The van der Waals surface area contributed by atoms with Crippen LogP contribution in [-0.2, 0) is 6.61 Å². The molecule has 0 atom stereocenters. The van der Waals surface area contributed by atoms with Gasteiger partial charge in [0.25, 0.3) is 0 Å². The summed E-state index contributed by atoms with van der Waals surface area (Å²) in [5, 5.41) is 8.14. The van der Waals surface area contributed by atoms with Gasteiger partial charge in [-0.05, 0) is 29.7 Å². The van der Waals surface area contributed by atoms with E-state index < -0.39 is 0 Å². The second-order valence-corrected chi connectivity index (χ2v) is 4.72. The monoisotopic (exact) mass is 262 g/mol. The van der Waals surface area contributed by atoms with Crippen LogP contribution < -0.4 is 4.74 Å². The fourth-order valence-corrected chi connectivity index (χ4v) is 1.76. The molecule has 94 valence electrons. The number of halogens is 1. The van der Waals surface area contributed by atoms with Crippen LogP contribution in [0.1, 0.15) is 31.0 Å². The van der Waals surface area contributed by atoms with Gasteiger partial charge in [-0.3, -0.25) is 0 Å². The van der Waals surface area contributed by atoms with E-state index in [1.807, 2.05) is 24.3 Å². The maximum Gasteiger partial charge on any atom is 0.151 e. The smallest absolute Gasteiger partial charge is 0.151 e. The minimum absolute atomic E-state index is 0.390. The molecule has 0 spiro atoms. The van der Waals surface area contributed by atoms with Gasteiger partial charge in [0.2, 0.25) is 0 Å².